The van der Waals surface area contributed by atoms with Gasteiger partial charge in [0, 0.05) is 6.54 Å². The minimum atomic E-state index is -3.63. The lowest BCUT2D eigenvalue weighted by Crippen LogP contribution is -2.49. The van der Waals surface area contributed by atoms with Crippen LogP contribution in [0.4, 0.5) is 5.69 Å². The highest BCUT2D eigenvalue weighted by Gasteiger charge is 2.31. The van der Waals surface area contributed by atoms with E-state index in [-0.39, 0.29) is 5.91 Å². The van der Waals surface area contributed by atoms with E-state index in [2.05, 4.69) is 5.32 Å². The van der Waals surface area contributed by atoms with Gasteiger partial charge in [-0.3, -0.25) is 9.10 Å². The first-order valence-electron chi connectivity index (χ1n) is 9.61. The highest BCUT2D eigenvalue weighted by molar-refractivity contribution is 7.92. The molecule has 1 N–H and O–H groups in total. The van der Waals surface area contributed by atoms with Gasteiger partial charge in [-0.15, -0.1) is 0 Å². The van der Waals surface area contributed by atoms with Crippen molar-refractivity contribution in [1.29, 1.82) is 0 Å². The molecule has 3 rings (SSSR count). The van der Waals surface area contributed by atoms with E-state index in [1.807, 2.05) is 68.4 Å². The minimum absolute atomic E-state index is 0.313. The Kier molecular flexibility index (Phi) is 6.23. The monoisotopic (exact) mass is 410 g/mol. The summed E-state index contributed by atoms with van der Waals surface area (Å²) in [5, 5.41) is 5.14. The Bertz CT molecular complexity index is 1110. The second-order valence-electron chi connectivity index (χ2n) is 7.22. The van der Waals surface area contributed by atoms with Crippen molar-refractivity contribution in [2.24, 2.45) is 0 Å². The zero-order chi connectivity index (χ0) is 21.0. The Hall–Kier alpha value is -2.86. The van der Waals surface area contributed by atoms with Gasteiger partial charge in [0.25, 0.3) is 0 Å². The van der Waals surface area contributed by atoms with E-state index in [0.29, 0.717) is 18.7 Å². The summed E-state index contributed by atoms with van der Waals surface area (Å²) < 4.78 is 26.2. The van der Waals surface area contributed by atoms with Crippen LogP contribution in [0, 0.1) is 6.92 Å². The Morgan fingerprint density at radius 3 is 2.28 bits per heavy atom. The zero-order valence-electron chi connectivity index (χ0n) is 16.9. The smallest absolute Gasteiger partial charge is 0.244 e. The second-order valence-corrected chi connectivity index (χ2v) is 9.08. The van der Waals surface area contributed by atoms with Crippen molar-refractivity contribution >= 4 is 32.4 Å². The molecule has 0 saturated carbocycles. The molecule has 6 heteroatoms. The maximum absolute atomic E-state index is 12.9. The number of nitrogens with zero attached hydrogens (tertiary/aromatic N) is 1. The van der Waals surface area contributed by atoms with E-state index < -0.39 is 16.1 Å². The third-order valence-electron chi connectivity index (χ3n) is 4.90. The van der Waals surface area contributed by atoms with Gasteiger partial charge in [0.2, 0.25) is 15.9 Å². The average Bonchev–Trinajstić information content (AvgIpc) is 2.70. The van der Waals surface area contributed by atoms with Crippen molar-refractivity contribution in [3.63, 3.8) is 0 Å². The summed E-state index contributed by atoms with van der Waals surface area (Å²) in [5.74, 6) is -0.313. The predicted octanol–water partition coefficient (Wildman–Crippen LogP) is 4.01. The topological polar surface area (TPSA) is 66.5 Å². The third-order valence-corrected chi connectivity index (χ3v) is 6.08. The quantitative estimate of drug-likeness (QED) is 0.640. The molecular formula is C23H26N2O3S. The number of fused-ring (bicyclic) bond motifs is 1. The van der Waals surface area contributed by atoms with Crippen LogP contribution in [-0.2, 0) is 21.4 Å². The largest absolute Gasteiger partial charge is 0.350 e. The Morgan fingerprint density at radius 1 is 1.00 bits per heavy atom. The van der Waals surface area contributed by atoms with E-state index >= 15 is 0 Å². The number of nitrogens with one attached hydrogen (secondary N) is 1. The van der Waals surface area contributed by atoms with Crippen LogP contribution in [0.15, 0.2) is 66.7 Å². The fourth-order valence-corrected chi connectivity index (χ4v) is 4.62. The number of anilines is 1. The van der Waals surface area contributed by atoms with E-state index in [1.54, 1.807) is 12.1 Å². The standard InChI is InChI=1S/C23H26N2O3S/c1-4-22(25(29(3,27)28)21-13-9-17(2)10-14-21)23(26)24-16-18-11-12-19-7-5-6-8-20(19)15-18/h5-15,22H,4,16H2,1-3H3,(H,24,26)/t22-/m0/s1. The van der Waals surface area contributed by atoms with Crippen molar-refractivity contribution < 1.29 is 13.2 Å². The van der Waals surface area contributed by atoms with Gasteiger partial charge in [-0.1, -0.05) is 61.0 Å². The summed E-state index contributed by atoms with van der Waals surface area (Å²) >= 11 is 0. The molecular weight excluding hydrogens is 384 g/mol. The number of carbonyl (C=O) groups is 1. The number of carbonyl (C=O) groups excluding carboxylic acids is 1. The van der Waals surface area contributed by atoms with Gasteiger partial charge < -0.3 is 5.32 Å². The SMILES string of the molecule is CC[C@@H](C(=O)NCc1ccc2ccccc2c1)N(c1ccc(C)cc1)S(C)(=O)=O. The van der Waals surface area contributed by atoms with Crippen molar-refractivity contribution in [2.45, 2.75) is 32.9 Å². The molecule has 0 saturated heterocycles. The molecule has 0 radical (unpaired) electrons. The van der Waals surface area contributed by atoms with Gasteiger partial charge in [0.1, 0.15) is 6.04 Å². The summed E-state index contributed by atoms with van der Waals surface area (Å²) in [6, 6.07) is 20.4. The van der Waals surface area contributed by atoms with Crippen molar-refractivity contribution in [3.8, 4) is 0 Å². The molecule has 0 fully saturated rings. The van der Waals surface area contributed by atoms with Gasteiger partial charge in [0.15, 0.2) is 0 Å². The van der Waals surface area contributed by atoms with Crippen LogP contribution in [-0.4, -0.2) is 26.6 Å². The van der Waals surface area contributed by atoms with Gasteiger partial charge in [-0.2, -0.15) is 0 Å². The molecule has 0 unspecified atom stereocenters. The Labute approximate surface area is 172 Å². The molecule has 29 heavy (non-hydrogen) atoms. The number of amides is 1. The molecule has 0 aromatic heterocycles. The number of sulfonamides is 1. The highest BCUT2D eigenvalue weighted by Crippen LogP contribution is 2.23. The van der Waals surface area contributed by atoms with Crippen LogP contribution < -0.4 is 9.62 Å². The molecule has 0 bridgehead atoms. The zero-order valence-corrected chi connectivity index (χ0v) is 17.7. The predicted molar refractivity (Wildman–Crippen MR) is 118 cm³/mol. The van der Waals surface area contributed by atoms with E-state index in [1.165, 1.54) is 4.31 Å². The summed E-state index contributed by atoms with van der Waals surface area (Å²) in [4.78, 5) is 12.9. The molecule has 1 amide bonds. The lowest BCUT2D eigenvalue weighted by atomic mass is 10.1. The highest BCUT2D eigenvalue weighted by atomic mass is 32.2. The molecule has 152 valence electrons. The van der Waals surface area contributed by atoms with Gasteiger partial charge in [-0.25, -0.2) is 8.42 Å². The van der Waals surface area contributed by atoms with Crippen LogP contribution >= 0.6 is 0 Å². The fourth-order valence-electron chi connectivity index (χ4n) is 3.41. The molecule has 3 aromatic carbocycles. The van der Waals surface area contributed by atoms with Gasteiger partial charge >= 0.3 is 0 Å². The normalized spacial score (nSPS) is 12.5. The summed E-state index contributed by atoms with van der Waals surface area (Å²) in [6.07, 6.45) is 1.50. The lowest BCUT2D eigenvalue weighted by molar-refractivity contribution is -0.122. The molecule has 0 aliphatic rings. The van der Waals surface area contributed by atoms with Crippen LogP contribution in [0.25, 0.3) is 10.8 Å². The Balaban J connectivity index is 1.80. The lowest BCUT2D eigenvalue weighted by Gasteiger charge is -2.30. The first-order valence-corrected chi connectivity index (χ1v) is 11.5. The van der Waals surface area contributed by atoms with Gasteiger partial charge in [-0.05, 0) is 47.9 Å². The van der Waals surface area contributed by atoms with Crippen LogP contribution in [0.1, 0.15) is 24.5 Å². The molecule has 0 heterocycles. The van der Waals surface area contributed by atoms with Gasteiger partial charge in [0.05, 0.1) is 11.9 Å². The number of rotatable bonds is 7. The third kappa shape index (κ3) is 4.95. The van der Waals surface area contributed by atoms with Crippen molar-refractivity contribution in [1.82, 2.24) is 5.32 Å². The second kappa shape index (κ2) is 8.66. The number of hydrogen-bond donors (Lipinski definition) is 1. The molecule has 0 spiro atoms. The maximum Gasteiger partial charge on any atom is 0.244 e. The molecule has 0 aliphatic heterocycles. The molecule has 0 aliphatic carbocycles. The minimum Gasteiger partial charge on any atom is -0.350 e. The van der Waals surface area contributed by atoms with E-state index in [9.17, 15) is 13.2 Å². The van der Waals surface area contributed by atoms with Crippen LogP contribution in [0.2, 0.25) is 0 Å². The van der Waals surface area contributed by atoms with Crippen LogP contribution in [0.3, 0.4) is 0 Å². The molecule has 3 aromatic rings. The number of hydrogen-bond acceptors (Lipinski definition) is 3. The fraction of sp³-hybridized carbons (Fsp3) is 0.261. The van der Waals surface area contributed by atoms with Crippen LogP contribution in [0.5, 0.6) is 0 Å². The first kappa shape index (κ1) is 20.9. The summed E-state index contributed by atoms with van der Waals surface area (Å²) in [6.45, 7) is 4.08. The first-order chi connectivity index (χ1) is 13.8. The molecule has 1 atom stereocenters. The number of benzene rings is 3. The van der Waals surface area contributed by atoms with Crippen molar-refractivity contribution in [3.05, 3.63) is 77.9 Å². The maximum atomic E-state index is 12.9. The van der Waals surface area contributed by atoms with E-state index in [0.717, 1.165) is 28.2 Å². The summed E-state index contributed by atoms with van der Waals surface area (Å²) in [5.41, 5.74) is 2.48. The van der Waals surface area contributed by atoms with E-state index in [4.69, 9.17) is 0 Å². The van der Waals surface area contributed by atoms with Crippen molar-refractivity contribution in [2.75, 3.05) is 10.6 Å². The average molecular weight is 411 g/mol. The molecule has 5 nitrogen and oxygen atoms in total. The number of aryl methyl sites for hydroxylation is 1. The summed E-state index contributed by atoms with van der Waals surface area (Å²) in [7, 11) is -3.63. The Morgan fingerprint density at radius 2 is 1.66 bits per heavy atom.